The molecule has 1 aliphatic rings. The van der Waals surface area contributed by atoms with Gasteiger partial charge in [0.05, 0.1) is 11.4 Å². The predicted octanol–water partition coefficient (Wildman–Crippen LogP) is 4.20. The van der Waals surface area contributed by atoms with Crippen LogP contribution >= 0.6 is 11.3 Å². The molecule has 0 unspecified atom stereocenters. The molecular weight excluding hydrogens is 373 g/mol. The lowest BCUT2D eigenvalue weighted by Gasteiger charge is -2.21. The molecule has 1 atom stereocenters. The number of hydrogen-bond donors (Lipinski definition) is 1. The maximum absolute atomic E-state index is 13.4. The van der Waals surface area contributed by atoms with Crippen molar-refractivity contribution in [1.82, 2.24) is 24.7 Å². The van der Waals surface area contributed by atoms with Crippen molar-refractivity contribution < 1.29 is 4.39 Å². The van der Waals surface area contributed by atoms with Gasteiger partial charge in [-0.1, -0.05) is 0 Å². The molecule has 0 amide bonds. The highest BCUT2D eigenvalue weighted by Gasteiger charge is 2.20. The minimum absolute atomic E-state index is 0.253. The quantitative estimate of drug-likeness (QED) is 0.565. The fraction of sp³-hybridized carbons (Fsp3) is 0.286. The summed E-state index contributed by atoms with van der Waals surface area (Å²) in [6, 6.07) is 8.39. The molecule has 0 saturated carbocycles. The van der Waals surface area contributed by atoms with Crippen LogP contribution in [0.2, 0.25) is 0 Å². The normalized spacial score (nSPS) is 17.2. The van der Waals surface area contributed by atoms with Gasteiger partial charge in [-0.2, -0.15) is 0 Å². The molecule has 28 heavy (non-hydrogen) atoms. The van der Waals surface area contributed by atoms with Crippen LogP contribution in [0.15, 0.2) is 48.1 Å². The molecule has 1 fully saturated rings. The highest BCUT2D eigenvalue weighted by Crippen LogP contribution is 2.33. The van der Waals surface area contributed by atoms with Crippen molar-refractivity contribution in [2.45, 2.75) is 19.3 Å². The van der Waals surface area contributed by atoms with Gasteiger partial charge in [0, 0.05) is 29.8 Å². The van der Waals surface area contributed by atoms with E-state index in [9.17, 15) is 4.39 Å². The largest absolute Gasteiger partial charge is 0.316 e. The van der Waals surface area contributed by atoms with E-state index < -0.39 is 0 Å². The van der Waals surface area contributed by atoms with Crippen molar-refractivity contribution >= 4 is 16.3 Å². The highest BCUT2D eigenvalue weighted by molar-refractivity contribution is 7.15. The van der Waals surface area contributed by atoms with Crippen LogP contribution in [0.3, 0.4) is 0 Å². The first-order chi connectivity index (χ1) is 13.8. The summed E-state index contributed by atoms with van der Waals surface area (Å²) in [7, 11) is 0. The third-order valence-electron chi connectivity index (χ3n) is 5.20. The number of nitrogens with zero attached hydrogens (tertiary/aromatic N) is 4. The second-order valence-electron chi connectivity index (χ2n) is 7.15. The van der Waals surface area contributed by atoms with E-state index in [0.717, 1.165) is 52.9 Å². The Morgan fingerprint density at radius 2 is 2.07 bits per heavy atom. The van der Waals surface area contributed by atoms with E-state index in [4.69, 9.17) is 9.97 Å². The van der Waals surface area contributed by atoms with Crippen molar-refractivity contribution in [2.75, 3.05) is 13.1 Å². The molecule has 4 aromatic rings. The number of halogens is 1. The number of benzene rings is 1. The van der Waals surface area contributed by atoms with E-state index in [0.29, 0.717) is 5.92 Å². The van der Waals surface area contributed by atoms with Crippen LogP contribution in [0.1, 0.15) is 18.7 Å². The predicted molar refractivity (Wildman–Crippen MR) is 109 cm³/mol. The van der Waals surface area contributed by atoms with Gasteiger partial charge in [0.25, 0.3) is 0 Å². The fourth-order valence-corrected chi connectivity index (χ4v) is 4.54. The van der Waals surface area contributed by atoms with E-state index in [2.05, 4.69) is 14.7 Å². The summed E-state index contributed by atoms with van der Waals surface area (Å²) >= 11 is 1.57. The first-order valence-electron chi connectivity index (χ1n) is 9.52. The molecule has 0 aliphatic carbocycles. The Morgan fingerprint density at radius 3 is 2.89 bits per heavy atom. The van der Waals surface area contributed by atoms with E-state index >= 15 is 0 Å². The summed E-state index contributed by atoms with van der Waals surface area (Å²) in [5, 5.41) is 5.46. The molecule has 7 heteroatoms. The zero-order valence-electron chi connectivity index (χ0n) is 15.3. The smallest absolute Gasteiger partial charge is 0.194 e. The molecule has 1 saturated heterocycles. The van der Waals surface area contributed by atoms with Crippen molar-refractivity contribution in [3.05, 3.63) is 59.7 Å². The lowest BCUT2D eigenvalue weighted by atomic mass is 9.96. The third kappa shape index (κ3) is 3.31. The van der Waals surface area contributed by atoms with E-state index in [1.165, 1.54) is 25.0 Å². The van der Waals surface area contributed by atoms with E-state index in [1.54, 1.807) is 23.5 Å². The first-order valence-corrected chi connectivity index (χ1v) is 10.4. The Morgan fingerprint density at radius 1 is 1.18 bits per heavy atom. The number of piperidine rings is 1. The average Bonchev–Trinajstić information content (AvgIpc) is 3.31. The van der Waals surface area contributed by atoms with Crippen LogP contribution in [-0.2, 0) is 6.42 Å². The Kier molecular flexibility index (Phi) is 4.62. The second-order valence-corrected chi connectivity index (χ2v) is 8.02. The fourth-order valence-electron chi connectivity index (χ4n) is 3.83. The summed E-state index contributed by atoms with van der Waals surface area (Å²) in [6.45, 7) is 2.13. The standard InChI is InChI=1S/C21H20FN5S/c22-16-5-3-15(4-6-16)19-20(27-10-11-28-21(27)26-19)17-7-9-24-18(25-17)12-14-2-1-8-23-13-14/h3-7,9-11,14,23H,1-2,8,12-13H2/t14-/m0/s1. The topological polar surface area (TPSA) is 55.1 Å². The molecule has 5 rings (SSSR count). The summed E-state index contributed by atoms with van der Waals surface area (Å²) < 4.78 is 15.4. The van der Waals surface area contributed by atoms with Gasteiger partial charge in [-0.05, 0) is 62.2 Å². The van der Waals surface area contributed by atoms with Crippen LogP contribution in [0.25, 0.3) is 27.6 Å². The summed E-state index contributed by atoms with van der Waals surface area (Å²) in [5.74, 6) is 1.19. The van der Waals surface area contributed by atoms with Gasteiger partial charge in [0.2, 0.25) is 0 Å². The van der Waals surface area contributed by atoms with Gasteiger partial charge in [0.1, 0.15) is 17.3 Å². The van der Waals surface area contributed by atoms with Crippen molar-refractivity contribution in [3.8, 4) is 22.6 Å². The van der Waals surface area contributed by atoms with Crippen molar-refractivity contribution in [1.29, 1.82) is 0 Å². The molecule has 1 N–H and O–H groups in total. The van der Waals surface area contributed by atoms with Gasteiger partial charge in [-0.3, -0.25) is 4.40 Å². The van der Waals surface area contributed by atoms with E-state index in [-0.39, 0.29) is 5.82 Å². The number of hydrogen-bond acceptors (Lipinski definition) is 5. The Bertz CT molecular complexity index is 1100. The van der Waals surface area contributed by atoms with Crippen molar-refractivity contribution in [2.24, 2.45) is 5.92 Å². The number of thiazole rings is 1. The highest BCUT2D eigenvalue weighted by atomic mass is 32.1. The summed E-state index contributed by atoms with van der Waals surface area (Å²) in [4.78, 5) is 15.1. The SMILES string of the molecule is Fc1ccc(-c2nc3sccn3c2-c2ccnc(C[C@@H]3CCCNC3)n2)cc1. The second kappa shape index (κ2) is 7.41. The molecule has 0 spiro atoms. The number of imidazole rings is 1. The first kappa shape index (κ1) is 17.5. The maximum atomic E-state index is 13.4. The molecule has 0 bridgehead atoms. The maximum Gasteiger partial charge on any atom is 0.194 e. The van der Waals surface area contributed by atoms with Gasteiger partial charge in [0.15, 0.2) is 4.96 Å². The minimum atomic E-state index is -0.253. The van der Waals surface area contributed by atoms with Crippen LogP contribution < -0.4 is 5.32 Å². The minimum Gasteiger partial charge on any atom is -0.316 e. The molecule has 1 aromatic carbocycles. The molecule has 1 aliphatic heterocycles. The van der Waals surface area contributed by atoms with E-state index in [1.807, 2.05) is 23.8 Å². The number of rotatable bonds is 4. The molecular formula is C21H20FN5S. The zero-order valence-corrected chi connectivity index (χ0v) is 16.1. The average molecular weight is 393 g/mol. The molecule has 4 heterocycles. The zero-order chi connectivity index (χ0) is 18.9. The number of fused-ring (bicyclic) bond motifs is 1. The summed E-state index contributed by atoms with van der Waals surface area (Å²) in [5.41, 5.74) is 3.46. The third-order valence-corrected chi connectivity index (χ3v) is 5.95. The van der Waals surface area contributed by atoms with Gasteiger partial charge in [-0.15, -0.1) is 11.3 Å². The van der Waals surface area contributed by atoms with Crippen LogP contribution in [0.4, 0.5) is 4.39 Å². The Hall–Kier alpha value is -2.64. The van der Waals surface area contributed by atoms with Gasteiger partial charge >= 0.3 is 0 Å². The van der Waals surface area contributed by atoms with Gasteiger partial charge < -0.3 is 5.32 Å². The molecule has 0 radical (unpaired) electrons. The van der Waals surface area contributed by atoms with Crippen LogP contribution in [-0.4, -0.2) is 32.4 Å². The van der Waals surface area contributed by atoms with Crippen LogP contribution in [0.5, 0.6) is 0 Å². The molecule has 142 valence electrons. The number of nitrogens with one attached hydrogen (secondary N) is 1. The van der Waals surface area contributed by atoms with Gasteiger partial charge in [-0.25, -0.2) is 19.3 Å². The summed E-state index contributed by atoms with van der Waals surface area (Å²) in [6.07, 6.45) is 7.12. The van der Waals surface area contributed by atoms with Crippen molar-refractivity contribution in [3.63, 3.8) is 0 Å². The Balaban J connectivity index is 1.57. The van der Waals surface area contributed by atoms with Crippen LogP contribution in [0, 0.1) is 11.7 Å². The molecule has 3 aromatic heterocycles. The lowest BCUT2D eigenvalue weighted by molar-refractivity contribution is 0.371. The monoisotopic (exact) mass is 393 g/mol. The Labute approximate surface area is 166 Å². The lowest BCUT2D eigenvalue weighted by Crippen LogP contribution is -2.31. The number of aromatic nitrogens is 4. The molecule has 5 nitrogen and oxygen atoms in total.